The van der Waals surface area contributed by atoms with Crippen molar-refractivity contribution in [2.75, 3.05) is 26.2 Å². The van der Waals surface area contributed by atoms with Gasteiger partial charge in [0.2, 0.25) is 0 Å². The zero-order valence-electron chi connectivity index (χ0n) is 17.1. The summed E-state index contributed by atoms with van der Waals surface area (Å²) in [6, 6.07) is 15.6. The summed E-state index contributed by atoms with van der Waals surface area (Å²) in [5, 5.41) is 0. The number of carbonyl (C=O) groups excluding carboxylic acids is 1. The van der Waals surface area contributed by atoms with Crippen LogP contribution in [0.2, 0.25) is 0 Å². The molecule has 0 N–H and O–H groups in total. The predicted molar refractivity (Wildman–Crippen MR) is 113 cm³/mol. The Morgan fingerprint density at radius 3 is 2.50 bits per heavy atom. The van der Waals surface area contributed by atoms with Crippen LogP contribution < -0.4 is 4.74 Å². The van der Waals surface area contributed by atoms with E-state index in [4.69, 9.17) is 4.74 Å². The second kappa shape index (κ2) is 9.45. The summed E-state index contributed by atoms with van der Waals surface area (Å²) < 4.78 is 5.56. The van der Waals surface area contributed by atoms with Crippen molar-refractivity contribution < 1.29 is 9.53 Å². The first kappa shape index (κ1) is 20.0. The van der Waals surface area contributed by atoms with Crippen molar-refractivity contribution in [3.63, 3.8) is 0 Å². The Balaban J connectivity index is 1.26. The molecular formula is C23H25N5O2. The molecule has 0 bridgehead atoms. The number of hydrogen-bond acceptors (Lipinski definition) is 6. The molecule has 0 saturated carbocycles. The van der Waals surface area contributed by atoms with Gasteiger partial charge in [-0.1, -0.05) is 18.2 Å². The van der Waals surface area contributed by atoms with Crippen molar-refractivity contribution in [1.82, 2.24) is 24.8 Å². The minimum Gasteiger partial charge on any atom is -0.410 e. The van der Waals surface area contributed by atoms with Crippen molar-refractivity contribution >= 4 is 6.09 Å². The van der Waals surface area contributed by atoms with Crippen molar-refractivity contribution in [1.29, 1.82) is 0 Å². The number of pyridine rings is 1. The van der Waals surface area contributed by atoms with E-state index in [2.05, 4.69) is 19.9 Å². The normalized spacial score (nSPS) is 14.5. The van der Waals surface area contributed by atoms with Gasteiger partial charge in [-0.25, -0.2) is 14.8 Å². The van der Waals surface area contributed by atoms with E-state index in [0.717, 1.165) is 48.7 Å². The summed E-state index contributed by atoms with van der Waals surface area (Å²) in [6.45, 7) is 5.62. The number of aromatic nitrogens is 3. The van der Waals surface area contributed by atoms with Gasteiger partial charge in [-0.05, 0) is 42.8 Å². The molecule has 0 atom stereocenters. The zero-order chi connectivity index (χ0) is 20.8. The molecule has 1 fully saturated rings. The monoisotopic (exact) mass is 403 g/mol. The van der Waals surface area contributed by atoms with E-state index in [0.29, 0.717) is 18.8 Å². The van der Waals surface area contributed by atoms with E-state index >= 15 is 0 Å². The molecule has 0 aliphatic carbocycles. The third kappa shape index (κ3) is 5.39. The Bertz CT molecular complexity index is 970. The van der Waals surface area contributed by atoms with E-state index < -0.39 is 0 Å². The van der Waals surface area contributed by atoms with Crippen molar-refractivity contribution in [3.05, 3.63) is 83.7 Å². The van der Waals surface area contributed by atoms with Crippen molar-refractivity contribution in [2.45, 2.75) is 19.9 Å². The Labute approximate surface area is 176 Å². The molecule has 2 aromatic heterocycles. The standard InChI is InChI=1S/C23H25N5O2/c1-18-3-2-4-20(26-18)15-19-5-7-22(8-6-19)30-23(29)28-13-11-27(12-14-28)16-21-9-10-24-17-25-21/h2-10,17H,11-16H2,1H3. The van der Waals surface area contributed by atoms with Gasteiger partial charge < -0.3 is 9.64 Å². The van der Waals surface area contributed by atoms with E-state index in [1.165, 1.54) is 0 Å². The van der Waals surface area contributed by atoms with Crippen LogP contribution in [0.5, 0.6) is 5.75 Å². The molecule has 7 heteroatoms. The van der Waals surface area contributed by atoms with Gasteiger partial charge in [-0.15, -0.1) is 0 Å². The lowest BCUT2D eigenvalue weighted by atomic mass is 10.1. The number of nitrogens with zero attached hydrogens (tertiary/aromatic N) is 5. The summed E-state index contributed by atoms with van der Waals surface area (Å²) in [6.07, 6.45) is 3.76. The van der Waals surface area contributed by atoms with E-state index in [-0.39, 0.29) is 6.09 Å². The Hall–Kier alpha value is -3.32. The highest BCUT2D eigenvalue weighted by atomic mass is 16.6. The van der Waals surface area contributed by atoms with Crippen molar-refractivity contribution in [2.24, 2.45) is 0 Å². The van der Waals surface area contributed by atoms with E-state index in [9.17, 15) is 4.79 Å². The largest absolute Gasteiger partial charge is 0.415 e. The molecule has 0 spiro atoms. The Morgan fingerprint density at radius 1 is 1.00 bits per heavy atom. The summed E-state index contributed by atoms with van der Waals surface area (Å²) in [5.41, 5.74) is 4.16. The molecule has 0 radical (unpaired) electrons. The van der Waals surface area contributed by atoms with Gasteiger partial charge in [0, 0.05) is 56.7 Å². The SMILES string of the molecule is Cc1cccc(Cc2ccc(OC(=O)N3CCN(Cc4ccncn4)CC3)cc2)n1. The van der Waals surface area contributed by atoms with E-state index in [1.54, 1.807) is 17.4 Å². The van der Waals surface area contributed by atoms with Gasteiger partial charge in [0.05, 0.1) is 5.69 Å². The number of hydrogen-bond donors (Lipinski definition) is 0. The molecule has 0 unspecified atom stereocenters. The number of carbonyl (C=O) groups is 1. The summed E-state index contributed by atoms with van der Waals surface area (Å²) >= 11 is 0. The molecule has 4 rings (SSSR count). The van der Waals surface area contributed by atoms with Gasteiger partial charge in [-0.2, -0.15) is 0 Å². The lowest BCUT2D eigenvalue weighted by molar-refractivity contribution is 0.107. The van der Waals surface area contributed by atoms with Crippen LogP contribution in [0.3, 0.4) is 0 Å². The lowest BCUT2D eigenvalue weighted by Gasteiger charge is -2.33. The van der Waals surface area contributed by atoms with Gasteiger partial charge in [-0.3, -0.25) is 9.88 Å². The molecule has 154 valence electrons. The van der Waals surface area contributed by atoms with Crippen LogP contribution >= 0.6 is 0 Å². The minimum absolute atomic E-state index is 0.301. The first-order valence-corrected chi connectivity index (χ1v) is 10.1. The first-order chi connectivity index (χ1) is 14.7. The average molecular weight is 403 g/mol. The van der Waals surface area contributed by atoms with Gasteiger partial charge >= 0.3 is 6.09 Å². The molecule has 1 amide bonds. The highest BCUT2D eigenvalue weighted by Gasteiger charge is 2.22. The quantitative estimate of drug-likeness (QED) is 0.652. The average Bonchev–Trinajstić information content (AvgIpc) is 2.76. The van der Waals surface area contributed by atoms with Crippen LogP contribution in [0, 0.1) is 6.92 Å². The first-order valence-electron chi connectivity index (χ1n) is 10.1. The van der Waals surface area contributed by atoms with Crippen LogP contribution in [0.4, 0.5) is 4.79 Å². The lowest BCUT2D eigenvalue weighted by Crippen LogP contribution is -2.49. The second-order valence-corrected chi connectivity index (χ2v) is 7.42. The second-order valence-electron chi connectivity index (χ2n) is 7.42. The predicted octanol–water partition coefficient (Wildman–Crippen LogP) is 3.09. The number of aryl methyl sites for hydroxylation is 1. The summed E-state index contributed by atoms with van der Waals surface area (Å²) in [7, 11) is 0. The molecular weight excluding hydrogens is 378 g/mol. The Kier molecular flexibility index (Phi) is 6.29. The highest BCUT2D eigenvalue weighted by molar-refractivity contribution is 5.70. The zero-order valence-corrected chi connectivity index (χ0v) is 17.1. The number of ether oxygens (including phenoxy) is 1. The third-order valence-electron chi connectivity index (χ3n) is 5.12. The van der Waals surface area contributed by atoms with Crippen molar-refractivity contribution in [3.8, 4) is 5.75 Å². The smallest absolute Gasteiger partial charge is 0.410 e. The van der Waals surface area contributed by atoms with E-state index in [1.807, 2.05) is 55.5 Å². The number of benzene rings is 1. The number of amides is 1. The van der Waals surface area contributed by atoms with Gasteiger partial charge in [0.25, 0.3) is 0 Å². The van der Waals surface area contributed by atoms with Crippen LogP contribution in [-0.4, -0.2) is 57.0 Å². The molecule has 1 saturated heterocycles. The minimum atomic E-state index is -0.301. The summed E-state index contributed by atoms with van der Waals surface area (Å²) in [5.74, 6) is 0.560. The third-order valence-corrected chi connectivity index (χ3v) is 5.12. The van der Waals surface area contributed by atoms with Crippen LogP contribution in [-0.2, 0) is 13.0 Å². The fourth-order valence-corrected chi connectivity index (χ4v) is 3.48. The number of rotatable bonds is 5. The van der Waals surface area contributed by atoms with Crippen LogP contribution in [0.25, 0.3) is 0 Å². The molecule has 3 heterocycles. The number of piperazine rings is 1. The molecule has 1 aromatic carbocycles. The molecule has 1 aliphatic rings. The molecule has 30 heavy (non-hydrogen) atoms. The topological polar surface area (TPSA) is 71.5 Å². The maximum Gasteiger partial charge on any atom is 0.415 e. The molecule has 3 aromatic rings. The van der Waals surface area contributed by atoms with Gasteiger partial charge in [0.15, 0.2) is 0 Å². The molecule has 7 nitrogen and oxygen atoms in total. The Morgan fingerprint density at radius 2 is 1.80 bits per heavy atom. The maximum absolute atomic E-state index is 12.5. The van der Waals surface area contributed by atoms with Crippen LogP contribution in [0.15, 0.2) is 61.1 Å². The molecule has 1 aliphatic heterocycles. The van der Waals surface area contributed by atoms with Gasteiger partial charge in [0.1, 0.15) is 12.1 Å². The summed E-state index contributed by atoms with van der Waals surface area (Å²) in [4.78, 5) is 29.3. The maximum atomic E-state index is 12.5. The highest BCUT2D eigenvalue weighted by Crippen LogP contribution is 2.16. The van der Waals surface area contributed by atoms with Crippen LogP contribution in [0.1, 0.15) is 22.6 Å². The fraction of sp³-hybridized carbons (Fsp3) is 0.304. The fourth-order valence-electron chi connectivity index (χ4n) is 3.48.